The normalized spacial score (nSPS) is 12.4. The van der Waals surface area contributed by atoms with Crippen LogP contribution in [-0.2, 0) is 0 Å². The maximum atomic E-state index is 6.00. The Balaban J connectivity index is 2.20. The van der Waals surface area contributed by atoms with Crippen molar-refractivity contribution in [1.29, 1.82) is 0 Å². The van der Waals surface area contributed by atoms with Crippen molar-refractivity contribution < 1.29 is 9.26 Å². The van der Waals surface area contributed by atoms with Gasteiger partial charge in [-0.3, -0.25) is 0 Å². The van der Waals surface area contributed by atoms with Crippen molar-refractivity contribution in [2.75, 3.05) is 19.1 Å². The average molecular weight is 279 g/mol. The molecule has 0 radical (unpaired) electrons. The molecule has 1 aromatic carbocycles. The molecular weight excluding hydrogens is 262 g/mol. The zero-order valence-corrected chi connectivity index (χ0v) is 11.8. The van der Waals surface area contributed by atoms with E-state index in [1.54, 1.807) is 18.9 Å². The van der Waals surface area contributed by atoms with Crippen molar-refractivity contribution in [2.24, 2.45) is 5.73 Å². The van der Waals surface area contributed by atoms with Gasteiger partial charge in [-0.2, -0.15) is 16.7 Å². The third kappa shape index (κ3) is 3.27. The molecule has 2 aromatic rings. The molecule has 0 saturated carbocycles. The maximum Gasteiger partial charge on any atom is 0.243 e. The van der Waals surface area contributed by atoms with E-state index < -0.39 is 0 Å². The molecule has 19 heavy (non-hydrogen) atoms. The zero-order valence-electron chi connectivity index (χ0n) is 11.0. The largest absolute Gasteiger partial charge is 0.496 e. The lowest BCUT2D eigenvalue weighted by molar-refractivity contribution is 0.352. The minimum atomic E-state index is -0.219. The van der Waals surface area contributed by atoms with Gasteiger partial charge in [0.2, 0.25) is 11.7 Å². The molecule has 1 heterocycles. The molecule has 0 spiro atoms. The first kappa shape index (κ1) is 13.9. The van der Waals surface area contributed by atoms with E-state index in [2.05, 4.69) is 10.1 Å². The van der Waals surface area contributed by atoms with Crippen LogP contribution in [0, 0.1) is 0 Å². The number of hydrogen-bond donors (Lipinski definition) is 1. The van der Waals surface area contributed by atoms with Gasteiger partial charge in [-0.25, -0.2) is 0 Å². The molecule has 0 aliphatic heterocycles. The summed E-state index contributed by atoms with van der Waals surface area (Å²) in [6.45, 7) is 0. The highest BCUT2D eigenvalue weighted by Gasteiger charge is 2.17. The van der Waals surface area contributed by atoms with E-state index in [1.807, 2.05) is 30.5 Å². The highest BCUT2D eigenvalue weighted by Crippen LogP contribution is 2.28. The third-order valence-electron chi connectivity index (χ3n) is 2.74. The summed E-state index contributed by atoms with van der Waals surface area (Å²) in [7, 11) is 1.62. The van der Waals surface area contributed by atoms with Gasteiger partial charge in [0.1, 0.15) is 5.75 Å². The minimum Gasteiger partial charge on any atom is -0.496 e. The number of benzene rings is 1. The summed E-state index contributed by atoms with van der Waals surface area (Å²) >= 11 is 1.74. The summed E-state index contributed by atoms with van der Waals surface area (Å²) in [5, 5.41) is 3.97. The Morgan fingerprint density at radius 2 is 2.21 bits per heavy atom. The van der Waals surface area contributed by atoms with Crippen LogP contribution in [0.2, 0.25) is 0 Å². The number of nitrogens with two attached hydrogens (primary N) is 1. The highest BCUT2D eigenvalue weighted by molar-refractivity contribution is 7.98. The molecule has 1 aromatic heterocycles. The standard InChI is InChI=1S/C13H17N3O2S/c1-17-11-6-4-3-5-9(11)12-15-13(18-16-12)10(14)7-8-19-2/h3-6,10H,7-8,14H2,1-2H3/t10-/m1/s1. The van der Waals surface area contributed by atoms with E-state index in [4.69, 9.17) is 15.0 Å². The SMILES string of the molecule is COc1ccccc1-c1noc([C@H](N)CCSC)n1. The van der Waals surface area contributed by atoms with Gasteiger partial charge in [-0.15, -0.1) is 0 Å². The van der Waals surface area contributed by atoms with Crippen LogP contribution in [0.4, 0.5) is 0 Å². The molecule has 0 saturated heterocycles. The van der Waals surface area contributed by atoms with Gasteiger partial charge >= 0.3 is 0 Å². The van der Waals surface area contributed by atoms with Crippen LogP contribution >= 0.6 is 11.8 Å². The van der Waals surface area contributed by atoms with Crippen molar-refractivity contribution in [2.45, 2.75) is 12.5 Å². The monoisotopic (exact) mass is 279 g/mol. The minimum absolute atomic E-state index is 0.219. The van der Waals surface area contributed by atoms with Gasteiger partial charge in [-0.05, 0) is 30.6 Å². The topological polar surface area (TPSA) is 74.2 Å². The second-order valence-electron chi connectivity index (χ2n) is 4.04. The average Bonchev–Trinajstić information content (AvgIpc) is 2.94. The molecule has 2 N–H and O–H groups in total. The van der Waals surface area contributed by atoms with Crippen molar-refractivity contribution in [3.05, 3.63) is 30.2 Å². The Kier molecular flexibility index (Phi) is 4.81. The molecule has 0 fully saturated rings. The molecule has 0 bridgehead atoms. The molecule has 1 atom stereocenters. The molecule has 6 heteroatoms. The fraction of sp³-hybridized carbons (Fsp3) is 0.385. The number of aromatic nitrogens is 2. The number of methoxy groups -OCH3 is 1. The number of hydrogen-bond acceptors (Lipinski definition) is 6. The summed E-state index contributed by atoms with van der Waals surface area (Å²) in [5.41, 5.74) is 6.81. The van der Waals surface area contributed by atoms with Crippen molar-refractivity contribution in [3.8, 4) is 17.1 Å². The lowest BCUT2D eigenvalue weighted by atomic mass is 10.2. The Morgan fingerprint density at radius 1 is 1.42 bits per heavy atom. The lowest BCUT2D eigenvalue weighted by Crippen LogP contribution is -2.11. The van der Waals surface area contributed by atoms with Crippen molar-refractivity contribution in [3.63, 3.8) is 0 Å². The van der Waals surface area contributed by atoms with E-state index in [9.17, 15) is 0 Å². The summed E-state index contributed by atoms with van der Waals surface area (Å²) in [6.07, 6.45) is 2.86. The smallest absolute Gasteiger partial charge is 0.243 e. The Bertz CT molecular complexity index is 530. The van der Waals surface area contributed by atoms with Gasteiger partial charge in [0, 0.05) is 0 Å². The molecule has 5 nitrogen and oxygen atoms in total. The van der Waals surface area contributed by atoms with Crippen LogP contribution in [0.5, 0.6) is 5.75 Å². The van der Waals surface area contributed by atoms with E-state index >= 15 is 0 Å². The second kappa shape index (κ2) is 6.58. The van der Waals surface area contributed by atoms with Crippen molar-refractivity contribution >= 4 is 11.8 Å². The second-order valence-corrected chi connectivity index (χ2v) is 5.03. The Morgan fingerprint density at radius 3 is 2.95 bits per heavy atom. The van der Waals surface area contributed by atoms with E-state index in [0.717, 1.165) is 17.7 Å². The summed E-state index contributed by atoms with van der Waals surface area (Å²) in [6, 6.07) is 7.33. The summed E-state index contributed by atoms with van der Waals surface area (Å²) < 4.78 is 10.5. The molecule has 102 valence electrons. The molecule has 0 amide bonds. The predicted molar refractivity (Wildman–Crippen MR) is 76.2 cm³/mol. The van der Waals surface area contributed by atoms with E-state index in [0.29, 0.717) is 17.5 Å². The lowest BCUT2D eigenvalue weighted by Gasteiger charge is -2.04. The highest BCUT2D eigenvalue weighted by atomic mass is 32.2. The van der Waals surface area contributed by atoms with Crippen LogP contribution in [0.3, 0.4) is 0 Å². The van der Waals surface area contributed by atoms with Gasteiger partial charge in [0.15, 0.2) is 0 Å². The number of rotatable bonds is 6. The Labute approximate surface area is 116 Å². The zero-order chi connectivity index (χ0) is 13.7. The van der Waals surface area contributed by atoms with Crippen LogP contribution in [0.15, 0.2) is 28.8 Å². The quantitative estimate of drug-likeness (QED) is 0.875. The molecule has 2 rings (SSSR count). The maximum absolute atomic E-state index is 6.00. The fourth-order valence-corrected chi connectivity index (χ4v) is 2.18. The molecule has 0 unspecified atom stereocenters. The van der Waals surface area contributed by atoms with Crippen molar-refractivity contribution in [1.82, 2.24) is 10.1 Å². The molecule has 0 aliphatic rings. The number of para-hydroxylation sites is 1. The van der Waals surface area contributed by atoms with Gasteiger partial charge in [0.25, 0.3) is 0 Å². The first-order chi connectivity index (χ1) is 9.26. The summed E-state index contributed by atoms with van der Waals surface area (Å²) in [5.74, 6) is 2.66. The van der Waals surface area contributed by atoms with Crippen LogP contribution in [0.1, 0.15) is 18.4 Å². The number of thioether (sulfide) groups is 1. The summed E-state index contributed by atoms with van der Waals surface area (Å²) in [4.78, 5) is 4.35. The van der Waals surface area contributed by atoms with Crippen LogP contribution in [-0.4, -0.2) is 29.3 Å². The number of nitrogens with zero attached hydrogens (tertiary/aromatic N) is 2. The molecular formula is C13H17N3O2S. The van der Waals surface area contributed by atoms with Crippen LogP contribution < -0.4 is 10.5 Å². The third-order valence-corrected chi connectivity index (χ3v) is 3.38. The van der Waals surface area contributed by atoms with Crippen LogP contribution in [0.25, 0.3) is 11.4 Å². The predicted octanol–water partition coefficient (Wildman–Crippen LogP) is 2.50. The van der Waals surface area contributed by atoms with Gasteiger partial charge in [-0.1, -0.05) is 17.3 Å². The number of ether oxygens (including phenoxy) is 1. The van der Waals surface area contributed by atoms with E-state index in [-0.39, 0.29) is 6.04 Å². The first-order valence-corrected chi connectivity index (χ1v) is 7.37. The Hall–Kier alpha value is -1.53. The molecule has 0 aliphatic carbocycles. The fourth-order valence-electron chi connectivity index (χ4n) is 1.69. The van der Waals surface area contributed by atoms with Gasteiger partial charge < -0.3 is 15.0 Å². The first-order valence-electron chi connectivity index (χ1n) is 5.97. The van der Waals surface area contributed by atoms with Gasteiger partial charge in [0.05, 0.1) is 18.7 Å². The van der Waals surface area contributed by atoms with E-state index in [1.165, 1.54) is 0 Å².